The summed E-state index contributed by atoms with van der Waals surface area (Å²) < 4.78 is 11.7. The Morgan fingerprint density at radius 3 is 1.21 bits per heavy atom. The highest BCUT2D eigenvalue weighted by Gasteiger charge is 2.26. The van der Waals surface area contributed by atoms with Crippen molar-refractivity contribution in [3.63, 3.8) is 0 Å². The molecule has 1 aliphatic heterocycles. The summed E-state index contributed by atoms with van der Waals surface area (Å²) in [4.78, 5) is 28.7. The molecule has 0 aliphatic carbocycles. The Labute approximate surface area is 356 Å². The average molecular weight is 805 g/mol. The number of nitrogens with one attached hydrogen (secondary N) is 1. The fourth-order valence-corrected chi connectivity index (χ4v) is 8.90. The Balaban J connectivity index is 2.35. The van der Waals surface area contributed by atoms with E-state index in [2.05, 4.69) is 44.8 Å². The predicted octanol–water partition coefficient (Wildman–Crippen LogP) is 14.7. The second-order valence-corrected chi connectivity index (χ2v) is 18.3. The Bertz CT molecular complexity index is 883. The van der Waals surface area contributed by atoms with Crippen molar-refractivity contribution in [2.45, 2.75) is 271 Å². The van der Waals surface area contributed by atoms with Gasteiger partial charge in [-0.05, 0) is 64.3 Å². The highest BCUT2D eigenvalue weighted by atomic mass is 16.5. The maximum absolute atomic E-state index is 13.0. The molecule has 0 aromatic rings. The van der Waals surface area contributed by atoms with Crippen molar-refractivity contribution < 1.29 is 19.1 Å². The first-order valence-corrected chi connectivity index (χ1v) is 25.8. The van der Waals surface area contributed by atoms with Crippen LogP contribution in [0.25, 0.3) is 0 Å². The van der Waals surface area contributed by atoms with Gasteiger partial charge in [0, 0.05) is 25.2 Å². The van der Waals surface area contributed by atoms with Crippen molar-refractivity contribution in [1.29, 1.82) is 0 Å². The highest BCUT2D eigenvalue weighted by molar-refractivity contribution is 5.72. The molecule has 0 saturated carbocycles. The molecule has 1 saturated heterocycles. The molecule has 338 valence electrons. The molecule has 0 amide bonds. The van der Waals surface area contributed by atoms with E-state index in [0.29, 0.717) is 25.3 Å². The first-order chi connectivity index (χ1) is 28.0. The van der Waals surface area contributed by atoms with E-state index in [-0.39, 0.29) is 23.8 Å². The zero-order valence-electron chi connectivity index (χ0n) is 39.2. The van der Waals surface area contributed by atoms with Crippen molar-refractivity contribution in [2.75, 3.05) is 32.8 Å². The summed E-state index contributed by atoms with van der Waals surface area (Å²) in [5, 5.41) is 4.06. The zero-order chi connectivity index (χ0) is 41.4. The molecule has 0 bridgehead atoms. The molecule has 6 heteroatoms. The fourth-order valence-electron chi connectivity index (χ4n) is 8.90. The van der Waals surface area contributed by atoms with Crippen molar-refractivity contribution in [3.05, 3.63) is 0 Å². The van der Waals surface area contributed by atoms with Crippen molar-refractivity contribution in [2.24, 2.45) is 11.8 Å². The van der Waals surface area contributed by atoms with Gasteiger partial charge in [0.05, 0.1) is 25.0 Å². The lowest BCUT2D eigenvalue weighted by Crippen LogP contribution is -2.56. The molecule has 6 nitrogen and oxygen atoms in total. The van der Waals surface area contributed by atoms with Crippen LogP contribution in [0.3, 0.4) is 0 Å². The topological polar surface area (TPSA) is 67.9 Å². The van der Waals surface area contributed by atoms with E-state index in [1.54, 1.807) is 0 Å². The van der Waals surface area contributed by atoms with Gasteiger partial charge in [-0.2, -0.15) is 0 Å². The maximum Gasteiger partial charge on any atom is 0.308 e. The molecule has 1 rings (SSSR count). The molecule has 0 aromatic heterocycles. The van der Waals surface area contributed by atoms with Crippen LogP contribution < -0.4 is 5.32 Å². The molecule has 1 fully saturated rings. The number of carbonyl (C=O) groups excluding carboxylic acids is 2. The van der Waals surface area contributed by atoms with Gasteiger partial charge in [0.2, 0.25) is 0 Å². The number of nitrogens with zero attached hydrogens (tertiary/aromatic N) is 1. The molecular weight excluding hydrogens is 705 g/mol. The minimum absolute atomic E-state index is 0.0665. The lowest BCUT2D eigenvalue weighted by Gasteiger charge is -2.39. The summed E-state index contributed by atoms with van der Waals surface area (Å²) in [6, 6.07) is 1.16. The minimum Gasteiger partial charge on any atom is -0.465 e. The van der Waals surface area contributed by atoms with E-state index in [1.807, 2.05) is 0 Å². The predicted molar refractivity (Wildman–Crippen MR) is 246 cm³/mol. The van der Waals surface area contributed by atoms with Gasteiger partial charge in [-0.1, -0.05) is 202 Å². The SMILES string of the molecule is CCCCCCCCC(CCCC)C(=O)OCCCCCCC1CN(CCCCC)CC(CCCCCCOC(=O)C(CCCCCC)CCCCCCCC)N1. The van der Waals surface area contributed by atoms with Gasteiger partial charge in [-0.15, -0.1) is 0 Å². The average Bonchev–Trinajstić information content (AvgIpc) is 3.21. The van der Waals surface area contributed by atoms with Crippen molar-refractivity contribution in [3.8, 4) is 0 Å². The van der Waals surface area contributed by atoms with E-state index in [4.69, 9.17) is 9.47 Å². The molecule has 4 unspecified atom stereocenters. The summed E-state index contributed by atoms with van der Waals surface area (Å²) in [5.41, 5.74) is 0. The zero-order valence-corrected chi connectivity index (χ0v) is 39.2. The molecule has 1 aliphatic rings. The normalized spacial score (nSPS) is 17.1. The third-order valence-electron chi connectivity index (χ3n) is 12.7. The first-order valence-electron chi connectivity index (χ1n) is 25.8. The van der Waals surface area contributed by atoms with Crippen molar-refractivity contribution >= 4 is 11.9 Å². The highest BCUT2D eigenvalue weighted by Crippen LogP contribution is 2.23. The first kappa shape index (κ1) is 53.9. The van der Waals surface area contributed by atoms with Gasteiger partial charge in [-0.3, -0.25) is 9.59 Å². The van der Waals surface area contributed by atoms with Gasteiger partial charge >= 0.3 is 11.9 Å². The molecule has 1 N–H and O–H groups in total. The molecule has 0 radical (unpaired) electrons. The maximum atomic E-state index is 13.0. The van der Waals surface area contributed by atoms with Crippen LogP contribution in [0, 0.1) is 11.8 Å². The summed E-state index contributed by atoms with van der Waals surface area (Å²) in [6.07, 6.45) is 42.1. The summed E-state index contributed by atoms with van der Waals surface area (Å²) in [7, 11) is 0. The van der Waals surface area contributed by atoms with Crippen LogP contribution in [-0.4, -0.2) is 61.8 Å². The Morgan fingerprint density at radius 2 is 0.772 bits per heavy atom. The standard InChI is InChI=1S/C51H100N2O4/c1-6-11-16-19-21-28-37-46(35-15-10-5)50(54)56-42-33-25-23-30-39-48-44-53(41-32-14-9-4)45-49(52-48)40-31-24-26-34-43-57-51(55)47(36-27-18-13-8-3)38-29-22-20-17-12-7-2/h46-49,52H,6-45H2,1-5H3. The quantitative estimate of drug-likeness (QED) is 0.0490. The van der Waals surface area contributed by atoms with Gasteiger partial charge < -0.3 is 19.7 Å². The van der Waals surface area contributed by atoms with Gasteiger partial charge in [0.1, 0.15) is 0 Å². The van der Waals surface area contributed by atoms with Crippen LogP contribution >= 0.6 is 0 Å². The molecule has 0 spiro atoms. The number of hydrogen-bond donors (Lipinski definition) is 1. The number of piperazine rings is 1. The Hall–Kier alpha value is -1.14. The van der Waals surface area contributed by atoms with Gasteiger partial charge in [-0.25, -0.2) is 0 Å². The minimum atomic E-state index is 0.0665. The largest absolute Gasteiger partial charge is 0.465 e. The molecular formula is C51H100N2O4. The van der Waals surface area contributed by atoms with Crippen LogP contribution in [0.4, 0.5) is 0 Å². The molecule has 57 heavy (non-hydrogen) atoms. The van der Waals surface area contributed by atoms with Crippen LogP contribution in [0.15, 0.2) is 0 Å². The number of hydrogen-bond acceptors (Lipinski definition) is 6. The lowest BCUT2D eigenvalue weighted by molar-refractivity contribution is -0.150. The second kappa shape index (κ2) is 40.3. The number of ether oxygens (including phenoxy) is 2. The lowest BCUT2D eigenvalue weighted by atomic mass is 9.94. The summed E-state index contributed by atoms with van der Waals surface area (Å²) >= 11 is 0. The van der Waals surface area contributed by atoms with Gasteiger partial charge in [0.15, 0.2) is 0 Å². The molecule has 4 atom stereocenters. The Morgan fingerprint density at radius 1 is 0.439 bits per heavy atom. The van der Waals surface area contributed by atoms with E-state index < -0.39 is 0 Å². The van der Waals surface area contributed by atoms with Crippen LogP contribution in [0.5, 0.6) is 0 Å². The number of carbonyl (C=O) groups is 2. The Kier molecular flexibility index (Phi) is 38.1. The summed E-state index contributed by atoms with van der Waals surface area (Å²) in [6.45, 7) is 16.1. The van der Waals surface area contributed by atoms with Crippen LogP contribution in [0.1, 0.15) is 259 Å². The van der Waals surface area contributed by atoms with E-state index in [0.717, 1.165) is 77.0 Å². The molecule has 0 aromatic carbocycles. The van der Waals surface area contributed by atoms with E-state index >= 15 is 0 Å². The van der Waals surface area contributed by atoms with Crippen LogP contribution in [0.2, 0.25) is 0 Å². The van der Waals surface area contributed by atoms with E-state index in [1.165, 1.54) is 167 Å². The molecule has 1 heterocycles. The third-order valence-corrected chi connectivity index (χ3v) is 12.7. The number of esters is 2. The number of rotatable bonds is 42. The van der Waals surface area contributed by atoms with Crippen molar-refractivity contribution in [1.82, 2.24) is 10.2 Å². The smallest absolute Gasteiger partial charge is 0.308 e. The monoisotopic (exact) mass is 805 g/mol. The van der Waals surface area contributed by atoms with E-state index in [9.17, 15) is 9.59 Å². The second-order valence-electron chi connectivity index (χ2n) is 18.3. The summed E-state index contributed by atoms with van der Waals surface area (Å²) in [5.74, 6) is 0.357. The van der Waals surface area contributed by atoms with Crippen LogP contribution in [-0.2, 0) is 19.1 Å². The van der Waals surface area contributed by atoms with Gasteiger partial charge in [0.25, 0.3) is 0 Å². The third kappa shape index (κ3) is 31.4. The fraction of sp³-hybridized carbons (Fsp3) is 0.961. The number of unbranched alkanes of at least 4 members (excludes halogenated alkanes) is 22.